The van der Waals surface area contributed by atoms with E-state index in [-0.39, 0.29) is 17.7 Å². The van der Waals surface area contributed by atoms with Gasteiger partial charge in [0, 0.05) is 18.2 Å². The van der Waals surface area contributed by atoms with E-state index in [9.17, 15) is 31.1 Å². The summed E-state index contributed by atoms with van der Waals surface area (Å²) in [5.41, 5.74) is -0.166. The highest BCUT2D eigenvalue weighted by Gasteiger charge is 2.23. The van der Waals surface area contributed by atoms with Gasteiger partial charge in [-0.2, -0.15) is 0 Å². The van der Waals surface area contributed by atoms with Gasteiger partial charge in [0.1, 0.15) is 16.5 Å². The first kappa shape index (κ1) is 17.4. The summed E-state index contributed by atoms with van der Waals surface area (Å²) in [5, 5.41) is 9.78. The summed E-state index contributed by atoms with van der Waals surface area (Å²) in [4.78, 5) is -1.11. The van der Waals surface area contributed by atoms with Crippen LogP contribution in [0.15, 0.2) is 41.3 Å². The minimum Gasteiger partial charge on any atom is -0.387 e. The molecule has 0 aliphatic rings. The lowest BCUT2D eigenvalue weighted by molar-refractivity contribution is 0.177. The van der Waals surface area contributed by atoms with Crippen molar-refractivity contribution in [3.63, 3.8) is 0 Å². The summed E-state index contributed by atoms with van der Waals surface area (Å²) < 4.78 is 78.4. The first-order chi connectivity index (χ1) is 10.7. The average Bonchev–Trinajstić information content (AvgIpc) is 2.49. The fourth-order valence-corrected chi connectivity index (χ4v) is 2.94. The van der Waals surface area contributed by atoms with E-state index in [1.807, 2.05) is 4.72 Å². The number of nitrogens with one attached hydrogen (secondary N) is 1. The van der Waals surface area contributed by atoms with Gasteiger partial charge >= 0.3 is 0 Å². The van der Waals surface area contributed by atoms with E-state index in [1.165, 1.54) is 18.2 Å². The second-order valence-electron chi connectivity index (χ2n) is 4.59. The second kappa shape index (κ2) is 6.65. The fourth-order valence-electron chi connectivity index (χ4n) is 1.83. The summed E-state index contributed by atoms with van der Waals surface area (Å²) >= 11 is 0. The fraction of sp³-hybridized carbons (Fsp3) is 0.143. The van der Waals surface area contributed by atoms with Crippen LogP contribution in [0.5, 0.6) is 0 Å². The van der Waals surface area contributed by atoms with Crippen molar-refractivity contribution in [2.24, 2.45) is 0 Å². The van der Waals surface area contributed by atoms with Crippen molar-refractivity contribution >= 4 is 10.0 Å². The lowest BCUT2D eigenvalue weighted by Crippen LogP contribution is -2.29. The van der Waals surface area contributed by atoms with E-state index >= 15 is 0 Å². The van der Waals surface area contributed by atoms with Crippen LogP contribution in [0.25, 0.3) is 0 Å². The van der Waals surface area contributed by atoms with Crippen LogP contribution in [0.2, 0.25) is 0 Å². The van der Waals surface area contributed by atoms with Gasteiger partial charge in [0.15, 0.2) is 11.6 Å². The van der Waals surface area contributed by atoms with Gasteiger partial charge in [0.25, 0.3) is 0 Å². The molecule has 1 unspecified atom stereocenters. The van der Waals surface area contributed by atoms with Crippen molar-refractivity contribution in [3.05, 3.63) is 65.2 Å². The SMILES string of the molecule is O=S(=O)(NCC(O)c1ccccc1F)c1cc(F)c(F)cc1F. The number of hydrogen-bond acceptors (Lipinski definition) is 3. The van der Waals surface area contributed by atoms with Gasteiger partial charge in [-0.05, 0) is 12.1 Å². The molecule has 0 saturated carbocycles. The molecule has 2 aromatic carbocycles. The molecule has 2 N–H and O–H groups in total. The molecule has 0 amide bonds. The van der Waals surface area contributed by atoms with Gasteiger partial charge < -0.3 is 5.11 Å². The van der Waals surface area contributed by atoms with Crippen molar-refractivity contribution in [2.45, 2.75) is 11.0 Å². The molecule has 1 atom stereocenters. The van der Waals surface area contributed by atoms with E-state index in [4.69, 9.17) is 0 Å². The number of sulfonamides is 1. The van der Waals surface area contributed by atoms with Crippen LogP contribution in [0.1, 0.15) is 11.7 Å². The summed E-state index contributed by atoms with van der Waals surface area (Å²) in [6, 6.07) is 5.41. The maximum Gasteiger partial charge on any atom is 0.243 e. The van der Waals surface area contributed by atoms with Crippen LogP contribution >= 0.6 is 0 Å². The van der Waals surface area contributed by atoms with E-state index < -0.39 is 50.8 Å². The third kappa shape index (κ3) is 3.87. The molecule has 0 bridgehead atoms. The maximum atomic E-state index is 13.5. The zero-order chi connectivity index (χ0) is 17.2. The highest BCUT2D eigenvalue weighted by molar-refractivity contribution is 7.89. The molecule has 23 heavy (non-hydrogen) atoms. The highest BCUT2D eigenvalue weighted by atomic mass is 32.2. The van der Waals surface area contributed by atoms with E-state index in [2.05, 4.69) is 0 Å². The molecule has 0 fully saturated rings. The average molecular weight is 349 g/mol. The number of benzene rings is 2. The molecule has 0 aromatic heterocycles. The normalized spacial score (nSPS) is 13.1. The molecular weight excluding hydrogens is 338 g/mol. The van der Waals surface area contributed by atoms with Gasteiger partial charge in [-0.1, -0.05) is 18.2 Å². The third-order valence-corrected chi connectivity index (χ3v) is 4.43. The first-order valence-electron chi connectivity index (χ1n) is 6.29. The van der Waals surface area contributed by atoms with E-state index in [0.29, 0.717) is 0 Å². The molecule has 124 valence electrons. The lowest BCUT2D eigenvalue weighted by atomic mass is 10.1. The summed E-state index contributed by atoms with van der Waals surface area (Å²) in [5.74, 6) is -5.32. The topological polar surface area (TPSA) is 66.4 Å². The van der Waals surface area contributed by atoms with Gasteiger partial charge in [-0.15, -0.1) is 0 Å². The quantitative estimate of drug-likeness (QED) is 0.643. The molecule has 4 nitrogen and oxygen atoms in total. The predicted molar refractivity (Wildman–Crippen MR) is 72.9 cm³/mol. The molecule has 2 rings (SSSR count). The van der Waals surface area contributed by atoms with Gasteiger partial charge in [-0.3, -0.25) is 0 Å². The predicted octanol–water partition coefficient (Wildman–Crippen LogP) is 2.25. The van der Waals surface area contributed by atoms with Crippen molar-refractivity contribution in [1.29, 1.82) is 0 Å². The van der Waals surface area contributed by atoms with Gasteiger partial charge in [-0.25, -0.2) is 30.7 Å². The third-order valence-electron chi connectivity index (χ3n) is 3.00. The Morgan fingerprint density at radius 3 is 2.22 bits per heavy atom. The molecule has 9 heteroatoms. The Bertz CT molecular complexity index is 827. The lowest BCUT2D eigenvalue weighted by Gasteiger charge is -2.13. The molecule has 0 aliphatic carbocycles. The molecule has 0 radical (unpaired) electrons. The summed E-state index contributed by atoms with van der Waals surface area (Å²) in [6.45, 7) is -0.679. The Hall–Kier alpha value is -1.97. The Labute approximate surface area is 129 Å². The molecule has 2 aromatic rings. The van der Waals surface area contributed by atoms with Crippen LogP contribution in [-0.4, -0.2) is 20.1 Å². The van der Waals surface area contributed by atoms with E-state index in [1.54, 1.807) is 0 Å². The Morgan fingerprint density at radius 1 is 0.957 bits per heavy atom. The van der Waals surface area contributed by atoms with Crippen LogP contribution in [0.3, 0.4) is 0 Å². The first-order valence-corrected chi connectivity index (χ1v) is 7.77. The van der Waals surface area contributed by atoms with Gasteiger partial charge in [0.05, 0.1) is 6.10 Å². The Balaban J connectivity index is 2.20. The number of aliphatic hydroxyl groups excluding tert-OH is 1. The largest absolute Gasteiger partial charge is 0.387 e. The Morgan fingerprint density at radius 2 is 1.57 bits per heavy atom. The number of rotatable bonds is 5. The maximum absolute atomic E-state index is 13.5. The molecule has 0 spiro atoms. The molecule has 0 heterocycles. The zero-order valence-corrected chi connectivity index (χ0v) is 12.2. The number of halogens is 4. The minimum absolute atomic E-state index is 0.0944. The highest BCUT2D eigenvalue weighted by Crippen LogP contribution is 2.20. The molecular formula is C14H11F4NO3S. The number of aliphatic hydroxyl groups is 1. The van der Waals surface area contributed by atoms with Crippen molar-refractivity contribution in [3.8, 4) is 0 Å². The van der Waals surface area contributed by atoms with Crippen LogP contribution < -0.4 is 4.72 Å². The molecule has 0 aliphatic heterocycles. The van der Waals surface area contributed by atoms with E-state index in [0.717, 1.165) is 6.07 Å². The van der Waals surface area contributed by atoms with Crippen molar-refractivity contribution in [1.82, 2.24) is 4.72 Å². The summed E-state index contributed by atoms with van der Waals surface area (Å²) in [7, 11) is -4.56. The van der Waals surface area contributed by atoms with Crippen molar-refractivity contribution < 1.29 is 31.1 Å². The summed E-state index contributed by atoms with van der Waals surface area (Å²) in [6.07, 6.45) is -1.54. The zero-order valence-electron chi connectivity index (χ0n) is 11.4. The number of hydrogen-bond donors (Lipinski definition) is 2. The smallest absolute Gasteiger partial charge is 0.243 e. The van der Waals surface area contributed by atoms with Crippen molar-refractivity contribution in [2.75, 3.05) is 6.54 Å². The van der Waals surface area contributed by atoms with Crippen LogP contribution in [0, 0.1) is 23.3 Å². The van der Waals surface area contributed by atoms with Crippen LogP contribution in [0.4, 0.5) is 17.6 Å². The second-order valence-corrected chi connectivity index (χ2v) is 6.32. The molecule has 0 saturated heterocycles. The standard InChI is InChI=1S/C14H11F4NO3S/c15-9-4-2-1-3-8(9)13(20)7-19-23(21,22)14-6-11(17)10(16)5-12(14)18/h1-6,13,19-20H,7H2. The monoisotopic (exact) mass is 349 g/mol. The van der Waals surface area contributed by atoms with Gasteiger partial charge in [0.2, 0.25) is 10.0 Å². The Kier molecular flexibility index (Phi) is 5.03. The van der Waals surface area contributed by atoms with Crippen LogP contribution in [-0.2, 0) is 10.0 Å². The minimum atomic E-state index is -4.56.